The number of nitrogens with zero attached hydrogens (tertiary/aromatic N) is 1. The van der Waals surface area contributed by atoms with Gasteiger partial charge in [-0.15, -0.1) is 11.3 Å². The molecule has 2 aromatic rings. The van der Waals surface area contributed by atoms with Gasteiger partial charge in [-0.05, 0) is 32.4 Å². The van der Waals surface area contributed by atoms with E-state index in [-0.39, 0.29) is 12.1 Å². The quantitative estimate of drug-likeness (QED) is 0.860. The van der Waals surface area contributed by atoms with Crippen LogP contribution in [0.2, 0.25) is 0 Å². The van der Waals surface area contributed by atoms with E-state index in [1.54, 1.807) is 17.5 Å². The van der Waals surface area contributed by atoms with E-state index in [9.17, 15) is 4.79 Å². The minimum atomic E-state index is -0.203. The summed E-state index contributed by atoms with van der Waals surface area (Å²) in [7, 11) is 0. The van der Waals surface area contributed by atoms with Gasteiger partial charge in [-0.3, -0.25) is 0 Å². The SMILES string of the molecule is Cc1ncc(CNC(=O)NC[C@H](C)Oc2ccccc2C)s1. The second-order valence-electron chi connectivity index (χ2n) is 5.10. The lowest BCUT2D eigenvalue weighted by Crippen LogP contribution is -2.40. The topological polar surface area (TPSA) is 63.2 Å². The van der Waals surface area contributed by atoms with Crippen molar-refractivity contribution in [3.05, 3.63) is 45.9 Å². The number of rotatable bonds is 6. The first kappa shape index (κ1) is 16.3. The summed E-state index contributed by atoms with van der Waals surface area (Å²) in [6, 6.07) is 7.63. The summed E-state index contributed by atoms with van der Waals surface area (Å²) in [6.07, 6.45) is 1.68. The molecule has 2 N–H and O–H groups in total. The van der Waals surface area contributed by atoms with Gasteiger partial charge in [0.25, 0.3) is 0 Å². The third-order valence-electron chi connectivity index (χ3n) is 3.06. The number of benzene rings is 1. The van der Waals surface area contributed by atoms with Crippen LogP contribution in [-0.2, 0) is 6.54 Å². The summed E-state index contributed by atoms with van der Waals surface area (Å²) < 4.78 is 5.81. The van der Waals surface area contributed by atoms with Crippen LogP contribution >= 0.6 is 11.3 Å². The fourth-order valence-corrected chi connectivity index (χ4v) is 2.64. The Hall–Kier alpha value is -2.08. The van der Waals surface area contributed by atoms with Crippen LogP contribution in [0, 0.1) is 13.8 Å². The van der Waals surface area contributed by atoms with Gasteiger partial charge in [-0.2, -0.15) is 0 Å². The summed E-state index contributed by atoms with van der Waals surface area (Å²) in [6.45, 7) is 6.81. The van der Waals surface area contributed by atoms with Crippen molar-refractivity contribution in [2.45, 2.75) is 33.4 Å². The van der Waals surface area contributed by atoms with Crippen LogP contribution in [0.4, 0.5) is 4.79 Å². The second kappa shape index (κ2) is 7.79. The van der Waals surface area contributed by atoms with Crippen molar-refractivity contribution in [2.24, 2.45) is 0 Å². The van der Waals surface area contributed by atoms with E-state index in [1.807, 2.05) is 45.0 Å². The highest BCUT2D eigenvalue weighted by Gasteiger charge is 2.08. The number of nitrogens with one attached hydrogen (secondary N) is 2. The maximum Gasteiger partial charge on any atom is 0.315 e. The van der Waals surface area contributed by atoms with Gasteiger partial charge in [0.05, 0.1) is 18.1 Å². The fourth-order valence-electron chi connectivity index (χ4n) is 1.90. The Morgan fingerprint density at radius 2 is 2.09 bits per heavy atom. The van der Waals surface area contributed by atoms with Crippen LogP contribution in [0.1, 0.15) is 22.4 Å². The van der Waals surface area contributed by atoms with Crippen molar-refractivity contribution in [3.63, 3.8) is 0 Å². The molecule has 0 bridgehead atoms. The number of hydrogen-bond donors (Lipinski definition) is 2. The van der Waals surface area contributed by atoms with E-state index >= 15 is 0 Å². The highest BCUT2D eigenvalue weighted by atomic mass is 32.1. The maximum atomic E-state index is 11.8. The summed E-state index contributed by atoms with van der Waals surface area (Å²) in [4.78, 5) is 16.9. The molecule has 0 unspecified atom stereocenters. The lowest BCUT2D eigenvalue weighted by atomic mass is 10.2. The van der Waals surface area contributed by atoms with Gasteiger partial charge in [-0.1, -0.05) is 18.2 Å². The van der Waals surface area contributed by atoms with Gasteiger partial charge < -0.3 is 15.4 Å². The van der Waals surface area contributed by atoms with Crippen molar-refractivity contribution >= 4 is 17.4 Å². The number of carbonyl (C=O) groups excluding carboxylic acids is 1. The predicted octanol–water partition coefficient (Wildman–Crippen LogP) is 3.03. The number of urea groups is 1. The average molecular weight is 319 g/mol. The molecule has 1 heterocycles. The number of carbonyl (C=O) groups is 1. The standard InChI is InChI=1S/C16H21N3O2S/c1-11-6-4-5-7-15(11)21-12(2)8-18-16(20)19-10-14-9-17-13(3)22-14/h4-7,9,12H,8,10H2,1-3H3,(H2,18,19,20)/t12-/m0/s1. The van der Waals surface area contributed by atoms with Crippen molar-refractivity contribution in [2.75, 3.05) is 6.54 Å². The molecule has 0 saturated heterocycles. The number of para-hydroxylation sites is 1. The van der Waals surface area contributed by atoms with Crippen LogP contribution in [0.15, 0.2) is 30.5 Å². The summed E-state index contributed by atoms with van der Waals surface area (Å²) in [5, 5.41) is 6.61. The third-order valence-corrected chi connectivity index (χ3v) is 3.98. The molecule has 0 saturated carbocycles. The number of aromatic nitrogens is 1. The molecule has 1 aromatic heterocycles. The van der Waals surface area contributed by atoms with E-state index in [2.05, 4.69) is 15.6 Å². The molecule has 0 fully saturated rings. The van der Waals surface area contributed by atoms with Gasteiger partial charge in [0.2, 0.25) is 0 Å². The Kier molecular flexibility index (Phi) is 5.77. The summed E-state index contributed by atoms with van der Waals surface area (Å²) in [5.74, 6) is 0.845. The van der Waals surface area contributed by atoms with E-state index < -0.39 is 0 Å². The number of ether oxygens (including phenoxy) is 1. The lowest BCUT2D eigenvalue weighted by molar-refractivity contribution is 0.206. The molecule has 2 rings (SSSR count). The van der Waals surface area contributed by atoms with Crippen LogP contribution in [-0.4, -0.2) is 23.7 Å². The smallest absolute Gasteiger partial charge is 0.315 e. The molecule has 2 amide bonds. The molecule has 0 aliphatic rings. The van der Waals surface area contributed by atoms with Crippen LogP contribution in [0.5, 0.6) is 5.75 Å². The molecular weight excluding hydrogens is 298 g/mol. The molecule has 5 nitrogen and oxygen atoms in total. The Balaban J connectivity index is 1.70. The normalized spacial score (nSPS) is 11.8. The molecule has 0 spiro atoms. The molecule has 118 valence electrons. The number of amides is 2. The fraction of sp³-hybridized carbons (Fsp3) is 0.375. The monoisotopic (exact) mass is 319 g/mol. The highest BCUT2D eigenvalue weighted by Crippen LogP contribution is 2.17. The Labute approximate surface area is 134 Å². The first-order valence-corrected chi connectivity index (χ1v) is 8.01. The van der Waals surface area contributed by atoms with E-state index in [4.69, 9.17) is 4.74 Å². The van der Waals surface area contributed by atoms with Gasteiger partial charge >= 0.3 is 6.03 Å². The number of hydrogen-bond acceptors (Lipinski definition) is 4. The lowest BCUT2D eigenvalue weighted by Gasteiger charge is -2.17. The molecule has 1 aromatic carbocycles. The third kappa shape index (κ3) is 5.04. The minimum Gasteiger partial charge on any atom is -0.489 e. The summed E-state index contributed by atoms with van der Waals surface area (Å²) >= 11 is 1.58. The number of aryl methyl sites for hydroxylation is 2. The predicted molar refractivity (Wildman–Crippen MR) is 88.4 cm³/mol. The molecule has 0 aliphatic carbocycles. The van der Waals surface area contributed by atoms with Crippen LogP contribution < -0.4 is 15.4 Å². The molecular formula is C16H21N3O2S. The van der Waals surface area contributed by atoms with E-state index in [0.717, 1.165) is 21.2 Å². The molecule has 0 radical (unpaired) electrons. The van der Waals surface area contributed by atoms with Crippen LogP contribution in [0.25, 0.3) is 0 Å². The Bertz CT molecular complexity index is 627. The molecule has 22 heavy (non-hydrogen) atoms. The average Bonchev–Trinajstić information content (AvgIpc) is 2.91. The molecule has 6 heteroatoms. The van der Waals surface area contributed by atoms with Crippen molar-refractivity contribution in [1.29, 1.82) is 0 Å². The Morgan fingerprint density at radius 3 is 2.77 bits per heavy atom. The second-order valence-corrected chi connectivity index (χ2v) is 6.42. The Morgan fingerprint density at radius 1 is 1.32 bits per heavy atom. The van der Waals surface area contributed by atoms with Gasteiger partial charge in [0.15, 0.2) is 0 Å². The van der Waals surface area contributed by atoms with Gasteiger partial charge in [0.1, 0.15) is 11.9 Å². The maximum absolute atomic E-state index is 11.8. The first-order valence-electron chi connectivity index (χ1n) is 7.20. The van der Waals surface area contributed by atoms with Crippen molar-refractivity contribution in [3.8, 4) is 5.75 Å². The largest absolute Gasteiger partial charge is 0.489 e. The zero-order valence-electron chi connectivity index (χ0n) is 13.1. The summed E-state index contributed by atoms with van der Waals surface area (Å²) in [5.41, 5.74) is 1.08. The zero-order chi connectivity index (χ0) is 15.9. The molecule has 1 atom stereocenters. The van der Waals surface area contributed by atoms with Gasteiger partial charge in [0, 0.05) is 11.1 Å². The van der Waals surface area contributed by atoms with E-state index in [0.29, 0.717) is 13.1 Å². The van der Waals surface area contributed by atoms with Gasteiger partial charge in [-0.25, -0.2) is 9.78 Å². The van der Waals surface area contributed by atoms with Crippen LogP contribution in [0.3, 0.4) is 0 Å². The molecule has 0 aliphatic heterocycles. The van der Waals surface area contributed by atoms with Crippen molar-refractivity contribution < 1.29 is 9.53 Å². The first-order chi connectivity index (χ1) is 10.5. The zero-order valence-corrected chi connectivity index (χ0v) is 13.9. The number of thiazole rings is 1. The minimum absolute atomic E-state index is 0.0995. The van der Waals surface area contributed by atoms with Crippen molar-refractivity contribution in [1.82, 2.24) is 15.6 Å². The highest BCUT2D eigenvalue weighted by molar-refractivity contribution is 7.11. The van der Waals surface area contributed by atoms with E-state index in [1.165, 1.54) is 0 Å².